The van der Waals surface area contributed by atoms with Crippen LogP contribution in [0.3, 0.4) is 0 Å². The van der Waals surface area contributed by atoms with E-state index < -0.39 is 28.8 Å². The summed E-state index contributed by atoms with van der Waals surface area (Å²) in [5, 5.41) is -0.729. The molecule has 0 amide bonds. The first-order chi connectivity index (χ1) is 7.29. The maximum absolute atomic E-state index is 12.5. The molecular formula is C8H6ClF5N2. The highest BCUT2D eigenvalue weighted by Gasteiger charge is 2.38. The lowest BCUT2D eigenvalue weighted by Crippen LogP contribution is -2.13. The van der Waals surface area contributed by atoms with Gasteiger partial charge in [0.25, 0.3) is 6.43 Å². The Bertz CT molecular complexity index is 391. The van der Waals surface area contributed by atoms with Crippen LogP contribution in [0.5, 0.6) is 0 Å². The molecule has 0 aliphatic rings. The standard InChI is InChI=1S/C8H6ClF5N2/c9-6-4(1-15)16-2-3(8(12,13)14)5(6)7(10)11/h2,7H,1,15H2. The van der Waals surface area contributed by atoms with Gasteiger partial charge in [0.15, 0.2) is 0 Å². The van der Waals surface area contributed by atoms with Gasteiger partial charge >= 0.3 is 6.18 Å². The minimum atomic E-state index is -4.92. The molecule has 16 heavy (non-hydrogen) atoms. The average molecular weight is 261 g/mol. The molecule has 90 valence electrons. The minimum absolute atomic E-state index is 0.190. The molecule has 0 saturated heterocycles. The van der Waals surface area contributed by atoms with Crippen molar-refractivity contribution in [2.75, 3.05) is 0 Å². The number of rotatable bonds is 2. The van der Waals surface area contributed by atoms with Crippen LogP contribution in [0.2, 0.25) is 5.02 Å². The minimum Gasteiger partial charge on any atom is -0.325 e. The molecule has 0 aliphatic carbocycles. The van der Waals surface area contributed by atoms with Gasteiger partial charge in [0, 0.05) is 12.7 Å². The first kappa shape index (κ1) is 13.1. The molecule has 0 aliphatic heterocycles. The van der Waals surface area contributed by atoms with Gasteiger partial charge in [-0.15, -0.1) is 0 Å². The van der Waals surface area contributed by atoms with Crippen molar-refractivity contribution in [2.45, 2.75) is 19.1 Å². The molecule has 1 aromatic heterocycles. The number of nitrogens with two attached hydrogens (primary N) is 1. The predicted molar refractivity (Wildman–Crippen MR) is 47.1 cm³/mol. The summed E-state index contributed by atoms with van der Waals surface area (Å²) in [5.41, 5.74) is 2.11. The Hall–Kier alpha value is -0.950. The van der Waals surface area contributed by atoms with Crippen molar-refractivity contribution >= 4 is 11.6 Å². The number of pyridine rings is 1. The fraction of sp³-hybridized carbons (Fsp3) is 0.375. The van der Waals surface area contributed by atoms with Crippen molar-refractivity contribution < 1.29 is 22.0 Å². The maximum atomic E-state index is 12.5. The summed E-state index contributed by atoms with van der Waals surface area (Å²) in [5.74, 6) is 0. The molecule has 1 rings (SSSR count). The number of halogens is 6. The van der Waals surface area contributed by atoms with Gasteiger partial charge in [-0.3, -0.25) is 4.98 Å². The monoisotopic (exact) mass is 260 g/mol. The Morgan fingerprint density at radius 2 is 1.94 bits per heavy atom. The second-order valence-electron chi connectivity index (χ2n) is 2.85. The highest BCUT2D eigenvalue weighted by atomic mass is 35.5. The average Bonchev–Trinajstić information content (AvgIpc) is 2.15. The maximum Gasteiger partial charge on any atom is 0.418 e. The Labute approximate surface area is 92.2 Å². The van der Waals surface area contributed by atoms with Gasteiger partial charge in [-0.25, -0.2) is 8.78 Å². The molecule has 0 bridgehead atoms. The highest BCUT2D eigenvalue weighted by Crippen LogP contribution is 2.40. The number of hydrogen-bond acceptors (Lipinski definition) is 2. The third kappa shape index (κ3) is 2.41. The second-order valence-corrected chi connectivity index (χ2v) is 3.23. The highest BCUT2D eigenvalue weighted by molar-refractivity contribution is 6.32. The van der Waals surface area contributed by atoms with E-state index in [9.17, 15) is 22.0 Å². The molecule has 0 radical (unpaired) electrons. The van der Waals surface area contributed by atoms with Crippen LogP contribution in [0.15, 0.2) is 6.20 Å². The first-order valence-corrected chi connectivity index (χ1v) is 4.39. The Morgan fingerprint density at radius 1 is 1.38 bits per heavy atom. The molecule has 0 atom stereocenters. The van der Waals surface area contributed by atoms with E-state index in [1.807, 2.05) is 0 Å². The van der Waals surface area contributed by atoms with Gasteiger partial charge in [-0.1, -0.05) is 11.6 Å². The molecule has 1 aromatic rings. The van der Waals surface area contributed by atoms with Crippen LogP contribution in [0, 0.1) is 0 Å². The zero-order valence-corrected chi connectivity index (χ0v) is 8.41. The number of hydrogen-bond donors (Lipinski definition) is 1. The summed E-state index contributed by atoms with van der Waals surface area (Å²) in [6.45, 7) is -0.309. The van der Waals surface area contributed by atoms with Crippen LogP contribution >= 0.6 is 11.6 Å². The van der Waals surface area contributed by atoms with Crippen molar-refractivity contribution in [3.05, 3.63) is 28.0 Å². The van der Waals surface area contributed by atoms with E-state index in [1.165, 1.54) is 0 Å². The molecule has 1 heterocycles. The number of nitrogens with zero attached hydrogens (tertiary/aromatic N) is 1. The van der Waals surface area contributed by atoms with Gasteiger partial charge in [-0.2, -0.15) is 13.2 Å². The summed E-state index contributed by atoms with van der Waals surface area (Å²) in [6.07, 6.45) is -7.94. The Kier molecular flexibility index (Phi) is 3.69. The van der Waals surface area contributed by atoms with E-state index >= 15 is 0 Å². The van der Waals surface area contributed by atoms with E-state index in [0.717, 1.165) is 0 Å². The molecule has 0 saturated carbocycles. The van der Waals surface area contributed by atoms with Crippen LogP contribution in [0.1, 0.15) is 23.2 Å². The zero-order valence-electron chi connectivity index (χ0n) is 7.65. The predicted octanol–water partition coefficient (Wildman–Crippen LogP) is 3.15. The number of aromatic nitrogens is 1. The molecular weight excluding hydrogens is 255 g/mol. The van der Waals surface area contributed by atoms with Gasteiger partial charge < -0.3 is 5.73 Å². The quantitative estimate of drug-likeness (QED) is 0.830. The van der Waals surface area contributed by atoms with E-state index in [1.54, 1.807) is 0 Å². The third-order valence-electron chi connectivity index (χ3n) is 1.85. The van der Waals surface area contributed by atoms with Crippen molar-refractivity contribution in [1.29, 1.82) is 0 Å². The van der Waals surface area contributed by atoms with Gasteiger partial charge in [-0.05, 0) is 0 Å². The lowest BCUT2D eigenvalue weighted by molar-refractivity contribution is -0.139. The van der Waals surface area contributed by atoms with Crippen molar-refractivity contribution in [1.82, 2.24) is 4.98 Å². The summed E-state index contributed by atoms with van der Waals surface area (Å²) in [7, 11) is 0. The van der Waals surface area contributed by atoms with E-state index in [2.05, 4.69) is 4.98 Å². The molecule has 0 aromatic carbocycles. The lowest BCUT2D eigenvalue weighted by atomic mass is 10.1. The molecule has 2 N–H and O–H groups in total. The van der Waals surface area contributed by atoms with Gasteiger partial charge in [0.05, 0.1) is 21.8 Å². The molecule has 0 unspecified atom stereocenters. The SMILES string of the molecule is NCc1ncc(C(F)(F)F)c(C(F)F)c1Cl. The van der Waals surface area contributed by atoms with E-state index in [4.69, 9.17) is 17.3 Å². The summed E-state index contributed by atoms with van der Waals surface area (Å²) in [4.78, 5) is 3.30. The van der Waals surface area contributed by atoms with Crippen molar-refractivity contribution in [3.63, 3.8) is 0 Å². The summed E-state index contributed by atoms with van der Waals surface area (Å²) >= 11 is 5.39. The molecule has 0 fully saturated rings. The topological polar surface area (TPSA) is 38.9 Å². The lowest BCUT2D eigenvalue weighted by Gasteiger charge is -2.14. The fourth-order valence-corrected chi connectivity index (χ4v) is 1.43. The largest absolute Gasteiger partial charge is 0.418 e. The van der Waals surface area contributed by atoms with Crippen molar-refractivity contribution in [2.24, 2.45) is 5.73 Å². The van der Waals surface area contributed by atoms with Crippen molar-refractivity contribution in [3.8, 4) is 0 Å². The van der Waals surface area contributed by atoms with Crippen LogP contribution in [0.25, 0.3) is 0 Å². The Balaban J connectivity index is 3.47. The first-order valence-electron chi connectivity index (χ1n) is 4.01. The van der Waals surface area contributed by atoms with Gasteiger partial charge in [0.1, 0.15) is 0 Å². The van der Waals surface area contributed by atoms with Crippen LogP contribution in [0.4, 0.5) is 22.0 Å². The second kappa shape index (κ2) is 4.50. The van der Waals surface area contributed by atoms with Gasteiger partial charge in [0.2, 0.25) is 0 Å². The fourth-order valence-electron chi connectivity index (χ4n) is 1.12. The summed E-state index contributed by atoms with van der Waals surface area (Å²) in [6, 6.07) is 0. The van der Waals surface area contributed by atoms with Crippen LogP contribution in [-0.4, -0.2) is 4.98 Å². The molecule has 0 spiro atoms. The Morgan fingerprint density at radius 3 is 2.31 bits per heavy atom. The van der Waals surface area contributed by atoms with Crippen LogP contribution in [-0.2, 0) is 12.7 Å². The summed E-state index contributed by atoms with van der Waals surface area (Å²) < 4.78 is 62.0. The number of alkyl halides is 5. The normalized spacial score (nSPS) is 12.2. The zero-order chi connectivity index (χ0) is 12.5. The third-order valence-corrected chi connectivity index (χ3v) is 2.27. The molecule has 2 nitrogen and oxygen atoms in total. The molecule has 8 heteroatoms. The van der Waals surface area contributed by atoms with E-state index in [-0.39, 0.29) is 12.2 Å². The van der Waals surface area contributed by atoms with E-state index in [0.29, 0.717) is 6.20 Å². The smallest absolute Gasteiger partial charge is 0.325 e. The van der Waals surface area contributed by atoms with Crippen LogP contribution < -0.4 is 5.73 Å².